The van der Waals surface area contributed by atoms with Crippen LogP contribution in [0.1, 0.15) is 16.7 Å². The SMILES string of the molecule is Cc1ccc(N)cc1.Cc1ccccc1.Cc1ccccc1. The van der Waals surface area contributed by atoms with Crippen molar-refractivity contribution in [2.45, 2.75) is 20.8 Å². The average Bonchev–Trinajstić information content (AvgIpc) is 2.53. The van der Waals surface area contributed by atoms with E-state index < -0.39 is 0 Å². The van der Waals surface area contributed by atoms with Crippen LogP contribution in [0.15, 0.2) is 84.9 Å². The second-order valence-corrected chi connectivity index (χ2v) is 5.22. The third-order valence-electron chi connectivity index (χ3n) is 2.96. The summed E-state index contributed by atoms with van der Waals surface area (Å²) in [6.45, 7) is 6.21. The number of aryl methyl sites for hydroxylation is 3. The molecule has 0 saturated carbocycles. The third-order valence-corrected chi connectivity index (χ3v) is 2.96. The van der Waals surface area contributed by atoms with Gasteiger partial charge in [-0.05, 0) is 32.9 Å². The number of hydrogen-bond acceptors (Lipinski definition) is 1. The highest BCUT2D eigenvalue weighted by molar-refractivity contribution is 5.38. The van der Waals surface area contributed by atoms with E-state index in [-0.39, 0.29) is 0 Å². The van der Waals surface area contributed by atoms with Gasteiger partial charge in [0.1, 0.15) is 0 Å². The van der Waals surface area contributed by atoms with E-state index in [2.05, 4.69) is 38.1 Å². The van der Waals surface area contributed by atoms with Crippen molar-refractivity contribution in [3.05, 3.63) is 102 Å². The summed E-state index contributed by atoms with van der Waals surface area (Å²) in [5, 5.41) is 0. The minimum atomic E-state index is 0.829. The fraction of sp³-hybridized carbons (Fsp3) is 0.143. The molecule has 22 heavy (non-hydrogen) atoms. The van der Waals surface area contributed by atoms with Gasteiger partial charge in [0.2, 0.25) is 0 Å². The molecule has 0 amide bonds. The molecule has 0 spiro atoms. The first-order valence-corrected chi connectivity index (χ1v) is 7.43. The van der Waals surface area contributed by atoms with Gasteiger partial charge in [0.25, 0.3) is 0 Å². The minimum Gasteiger partial charge on any atom is -0.399 e. The molecule has 0 heterocycles. The summed E-state index contributed by atoms with van der Waals surface area (Å²) in [5.41, 5.74) is 10.1. The topological polar surface area (TPSA) is 26.0 Å². The Morgan fingerprint density at radius 2 is 0.773 bits per heavy atom. The summed E-state index contributed by atoms with van der Waals surface area (Å²) < 4.78 is 0. The van der Waals surface area contributed by atoms with Crippen LogP contribution < -0.4 is 5.73 Å². The summed E-state index contributed by atoms with van der Waals surface area (Å²) in [5.74, 6) is 0. The zero-order valence-electron chi connectivity index (χ0n) is 13.7. The predicted molar refractivity (Wildman–Crippen MR) is 97.9 cm³/mol. The van der Waals surface area contributed by atoms with E-state index in [1.54, 1.807) is 0 Å². The van der Waals surface area contributed by atoms with Crippen LogP contribution >= 0.6 is 0 Å². The number of benzene rings is 3. The Kier molecular flexibility index (Phi) is 8.14. The molecule has 0 aliphatic rings. The number of nitrogen functional groups attached to an aromatic ring is 1. The number of nitrogens with two attached hydrogens (primary N) is 1. The van der Waals surface area contributed by atoms with E-state index in [1.807, 2.05) is 67.6 Å². The Balaban J connectivity index is 0.000000166. The first kappa shape index (κ1) is 17.5. The maximum Gasteiger partial charge on any atom is 0.0314 e. The van der Waals surface area contributed by atoms with Crippen LogP contribution in [0.25, 0.3) is 0 Å². The highest BCUT2D eigenvalue weighted by Crippen LogP contribution is 2.02. The Hall–Kier alpha value is -2.54. The van der Waals surface area contributed by atoms with Gasteiger partial charge < -0.3 is 5.73 Å². The monoisotopic (exact) mass is 291 g/mol. The quantitative estimate of drug-likeness (QED) is 0.539. The Bertz CT molecular complexity index is 555. The fourth-order valence-corrected chi connectivity index (χ4v) is 1.64. The minimum absolute atomic E-state index is 0.829. The summed E-state index contributed by atoms with van der Waals surface area (Å²) in [6, 6.07) is 28.3. The summed E-state index contributed by atoms with van der Waals surface area (Å²) in [6.07, 6.45) is 0. The Labute approximate surface area is 134 Å². The van der Waals surface area contributed by atoms with E-state index in [4.69, 9.17) is 5.73 Å². The van der Waals surface area contributed by atoms with Crippen LogP contribution in [0.4, 0.5) is 5.69 Å². The van der Waals surface area contributed by atoms with Crippen LogP contribution in [-0.2, 0) is 0 Å². The predicted octanol–water partition coefficient (Wildman–Crippen LogP) is 5.57. The molecule has 0 fully saturated rings. The number of hydrogen-bond donors (Lipinski definition) is 1. The molecule has 0 saturated heterocycles. The molecule has 3 aromatic rings. The van der Waals surface area contributed by atoms with Crippen molar-refractivity contribution in [3.63, 3.8) is 0 Å². The van der Waals surface area contributed by atoms with Crippen LogP contribution in [0.2, 0.25) is 0 Å². The largest absolute Gasteiger partial charge is 0.399 e. The molecule has 3 aromatic carbocycles. The van der Waals surface area contributed by atoms with Gasteiger partial charge in [0.05, 0.1) is 0 Å². The Morgan fingerprint density at radius 3 is 1.00 bits per heavy atom. The van der Waals surface area contributed by atoms with E-state index in [0.29, 0.717) is 0 Å². The van der Waals surface area contributed by atoms with E-state index in [9.17, 15) is 0 Å². The van der Waals surface area contributed by atoms with Crippen molar-refractivity contribution in [1.82, 2.24) is 0 Å². The van der Waals surface area contributed by atoms with Gasteiger partial charge in [-0.2, -0.15) is 0 Å². The standard InChI is InChI=1S/C7H9N.2C7H8/c1-6-2-4-7(8)5-3-6;2*1-7-5-3-2-4-6-7/h2-5H,8H2,1H3;2*2-6H,1H3. The van der Waals surface area contributed by atoms with Gasteiger partial charge in [-0.15, -0.1) is 0 Å². The van der Waals surface area contributed by atoms with Gasteiger partial charge in [-0.3, -0.25) is 0 Å². The highest BCUT2D eigenvalue weighted by atomic mass is 14.5. The van der Waals surface area contributed by atoms with E-state index in [0.717, 1.165) is 5.69 Å². The van der Waals surface area contributed by atoms with Crippen LogP contribution in [0.5, 0.6) is 0 Å². The normalized spacial score (nSPS) is 8.86. The molecular formula is C21H25N. The lowest BCUT2D eigenvalue weighted by Crippen LogP contribution is -1.81. The lowest BCUT2D eigenvalue weighted by molar-refractivity contribution is 1.47. The molecular weight excluding hydrogens is 266 g/mol. The smallest absolute Gasteiger partial charge is 0.0314 e. The molecule has 0 aliphatic carbocycles. The molecule has 0 radical (unpaired) electrons. The number of rotatable bonds is 0. The zero-order valence-corrected chi connectivity index (χ0v) is 13.7. The van der Waals surface area contributed by atoms with Crippen molar-refractivity contribution < 1.29 is 0 Å². The molecule has 0 unspecified atom stereocenters. The summed E-state index contributed by atoms with van der Waals surface area (Å²) in [7, 11) is 0. The second kappa shape index (κ2) is 10.2. The van der Waals surface area contributed by atoms with Crippen molar-refractivity contribution in [3.8, 4) is 0 Å². The van der Waals surface area contributed by atoms with Crippen molar-refractivity contribution in [1.29, 1.82) is 0 Å². The average molecular weight is 291 g/mol. The first-order chi connectivity index (χ1) is 10.6. The molecule has 0 atom stereocenters. The van der Waals surface area contributed by atoms with E-state index >= 15 is 0 Å². The lowest BCUT2D eigenvalue weighted by atomic mass is 10.2. The molecule has 0 bridgehead atoms. The Morgan fingerprint density at radius 1 is 0.455 bits per heavy atom. The molecule has 0 aliphatic heterocycles. The van der Waals surface area contributed by atoms with Crippen molar-refractivity contribution in [2.24, 2.45) is 0 Å². The maximum atomic E-state index is 5.43. The van der Waals surface area contributed by atoms with Gasteiger partial charge >= 0.3 is 0 Å². The van der Waals surface area contributed by atoms with Crippen LogP contribution in [0, 0.1) is 20.8 Å². The molecule has 3 rings (SSSR count). The molecule has 0 aromatic heterocycles. The highest BCUT2D eigenvalue weighted by Gasteiger charge is 1.80. The van der Waals surface area contributed by atoms with Crippen LogP contribution in [0.3, 0.4) is 0 Å². The first-order valence-electron chi connectivity index (χ1n) is 7.43. The zero-order chi connectivity index (χ0) is 16.2. The second-order valence-electron chi connectivity index (χ2n) is 5.22. The molecule has 1 heteroatoms. The van der Waals surface area contributed by atoms with Crippen LogP contribution in [-0.4, -0.2) is 0 Å². The summed E-state index contributed by atoms with van der Waals surface area (Å²) >= 11 is 0. The summed E-state index contributed by atoms with van der Waals surface area (Å²) in [4.78, 5) is 0. The van der Waals surface area contributed by atoms with Crippen molar-refractivity contribution in [2.75, 3.05) is 5.73 Å². The maximum absolute atomic E-state index is 5.43. The van der Waals surface area contributed by atoms with Gasteiger partial charge in [0, 0.05) is 5.69 Å². The third kappa shape index (κ3) is 8.60. The molecule has 114 valence electrons. The van der Waals surface area contributed by atoms with Gasteiger partial charge in [-0.25, -0.2) is 0 Å². The van der Waals surface area contributed by atoms with E-state index in [1.165, 1.54) is 16.7 Å². The fourth-order valence-electron chi connectivity index (χ4n) is 1.64. The van der Waals surface area contributed by atoms with Gasteiger partial charge in [0.15, 0.2) is 0 Å². The molecule has 1 nitrogen and oxygen atoms in total. The molecule has 2 N–H and O–H groups in total. The van der Waals surface area contributed by atoms with Crippen molar-refractivity contribution >= 4 is 5.69 Å². The number of anilines is 1. The van der Waals surface area contributed by atoms with Gasteiger partial charge in [-0.1, -0.05) is 89.5 Å². The lowest BCUT2D eigenvalue weighted by Gasteiger charge is -1.90.